The Balaban J connectivity index is 1.91. The van der Waals surface area contributed by atoms with Crippen LogP contribution in [0.5, 0.6) is 0 Å². The van der Waals surface area contributed by atoms with Gasteiger partial charge in [0.1, 0.15) is 30.1 Å². The predicted molar refractivity (Wildman–Crippen MR) is 76.1 cm³/mol. The van der Waals surface area contributed by atoms with E-state index in [0.29, 0.717) is 12.2 Å². The van der Waals surface area contributed by atoms with Gasteiger partial charge in [0.25, 0.3) is 0 Å². The molecule has 0 radical (unpaired) electrons. The lowest BCUT2D eigenvalue weighted by atomic mass is 9.99. The van der Waals surface area contributed by atoms with Crippen molar-refractivity contribution in [2.24, 2.45) is 0 Å². The summed E-state index contributed by atoms with van der Waals surface area (Å²) in [5.74, 6) is -0.458. The fourth-order valence-corrected chi connectivity index (χ4v) is 2.91. The Hall–Kier alpha value is -2.42. The highest BCUT2D eigenvalue weighted by Gasteiger charge is 2.26. The molecule has 0 N–H and O–H groups in total. The molecular weight excluding hydrogens is 269 g/mol. The lowest BCUT2D eigenvalue weighted by molar-refractivity contribution is 0.398. The van der Waals surface area contributed by atoms with E-state index in [9.17, 15) is 9.65 Å². The van der Waals surface area contributed by atoms with Gasteiger partial charge in [-0.15, -0.1) is 0 Å². The van der Waals surface area contributed by atoms with Crippen molar-refractivity contribution in [2.75, 3.05) is 11.4 Å². The molecule has 1 atom stereocenters. The molecule has 0 bridgehead atoms. The summed E-state index contributed by atoms with van der Waals surface area (Å²) in [6.45, 7) is 1.53. The van der Waals surface area contributed by atoms with Gasteiger partial charge in [-0.1, -0.05) is 6.07 Å². The van der Waals surface area contributed by atoms with Crippen LogP contribution in [0, 0.1) is 17.1 Å². The van der Waals surface area contributed by atoms with Gasteiger partial charge >= 0.3 is 0 Å². The average Bonchev–Trinajstić information content (AvgIpc) is 3.00. The molecule has 0 saturated carbocycles. The summed E-state index contributed by atoms with van der Waals surface area (Å²) in [7, 11) is 0. The van der Waals surface area contributed by atoms with Gasteiger partial charge in [-0.25, -0.2) is 9.37 Å². The van der Waals surface area contributed by atoms with E-state index in [1.807, 2.05) is 12.1 Å². The number of aromatic nitrogens is 3. The van der Waals surface area contributed by atoms with E-state index in [1.165, 1.54) is 12.4 Å². The summed E-state index contributed by atoms with van der Waals surface area (Å²) in [6.07, 6.45) is 6.38. The van der Waals surface area contributed by atoms with Crippen molar-refractivity contribution >= 4 is 5.69 Å². The van der Waals surface area contributed by atoms with Gasteiger partial charge in [0.2, 0.25) is 0 Å². The van der Waals surface area contributed by atoms with Crippen LogP contribution in [-0.4, -0.2) is 27.4 Å². The summed E-state index contributed by atoms with van der Waals surface area (Å²) in [4.78, 5) is 6.09. The second-order valence-corrected chi connectivity index (χ2v) is 5.21. The number of nitrogens with zero attached hydrogens (tertiary/aromatic N) is 5. The minimum Gasteiger partial charge on any atom is -0.366 e. The van der Waals surface area contributed by atoms with Crippen LogP contribution in [0.15, 0.2) is 30.9 Å². The van der Waals surface area contributed by atoms with Gasteiger partial charge in [0, 0.05) is 12.6 Å². The standard InChI is InChI=1S/C15H16FN5/c16-14-5-3-6-15(13(14)8-17)21-7-2-1-4-12(21)9-20-11-18-10-19-20/h3,5-6,10-12H,1-2,4,7,9H2/t12-/m0/s1. The smallest absolute Gasteiger partial charge is 0.143 e. The molecule has 1 aromatic heterocycles. The average molecular weight is 285 g/mol. The van der Waals surface area contributed by atoms with Crippen LogP contribution in [0.1, 0.15) is 24.8 Å². The minimum absolute atomic E-state index is 0.128. The summed E-state index contributed by atoms with van der Waals surface area (Å²) >= 11 is 0. The van der Waals surface area contributed by atoms with Crippen LogP contribution >= 0.6 is 0 Å². The maximum Gasteiger partial charge on any atom is 0.143 e. The fourth-order valence-electron chi connectivity index (χ4n) is 2.91. The summed E-state index contributed by atoms with van der Waals surface area (Å²) in [5, 5.41) is 13.4. The quantitative estimate of drug-likeness (QED) is 0.868. The first-order valence-electron chi connectivity index (χ1n) is 7.07. The Labute approximate surface area is 122 Å². The molecule has 6 heteroatoms. The lowest BCUT2D eigenvalue weighted by Gasteiger charge is -2.38. The largest absolute Gasteiger partial charge is 0.366 e. The zero-order valence-electron chi connectivity index (χ0n) is 11.6. The monoisotopic (exact) mass is 285 g/mol. The van der Waals surface area contributed by atoms with Crippen LogP contribution in [0.3, 0.4) is 0 Å². The Morgan fingerprint density at radius 1 is 1.38 bits per heavy atom. The van der Waals surface area contributed by atoms with Gasteiger partial charge < -0.3 is 4.90 Å². The number of hydrogen-bond donors (Lipinski definition) is 0. The molecule has 1 fully saturated rings. The zero-order chi connectivity index (χ0) is 14.7. The Kier molecular flexibility index (Phi) is 3.82. The molecule has 0 aliphatic carbocycles. The molecule has 1 saturated heterocycles. The van der Waals surface area contributed by atoms with Crippen molar-refractivity contribution in [2.45, 2.75) is 31.8 Å². The first-order valence-corrected chi connectivity index (χ1v) is 7.07. The molecule has 5 nitrogen and oxygen atoms in total. The van der Waals surface area contributed by atoms with E-state index in [-0.39, 0.29) is 11.6 Å². The number of piperidine rings is 1. The molecule has 3 rings (SSSR count). The molecule has 108 valence electrons. The molecule has 0 amide bonds. The third kappa shape index (κ3) is 2.72. The van der Waals surface area contributed by atoms with E-state index in [0.717, 1.165) is 25.8 Å². The number of nitriles is 1. The Morgan fingerprint density at radius 3 is 3.05 bits per heavy atom. The van der Waals surface area contributed by atoms with Crippen molar-refractivity contribution in [3.05, 3.63) is 42.2 Å². The highest BCUT2D eigenvalue weighted by atomic mass is 19.1. The fraction of sp³-hybridized carbons (Fsp3) is 0.400. The number of benzene rings is 1. The third-order valence-corrected chi connectivity index (χ3v) is 3.90. The van der Waals surface area contributed by atoms with E-state index < -0.39 is 5.82 Å². The van der Waals surface area contributed by atoms with Crippen molar-refractivity contribution in [3.63, 3.8) is 0 Å². The zero-order valence-corrected chi connectivity index (χ0v) is 11.6. The van der Waals surface area contributed by atoms with E-state index >= 15 is 0 Å². The van der Waals surface area contributed by atoms with Crippen molar-refractivity contribution in [1.82, 2.24) is 14.8 Å². The highest BCUT2D eigenvalue weighted by Crippen LogP contribution is 2.29. The molecule has 2 heterocycles. The molecule has 1 aromatic carbocycles. The Morgan fingerprint density at radius 2 is 2.29 bits per heavy atom. The second-order valence-electron chi connectivity index (χ2n) is 5.21. The SMILES string of the molecule is N#Cc1c(F)cccc1N1CCCC[C@H]1Cn1cncn1. The molecule has 0 unspecified atom stereocenters. The molecule has 1 aliphatic rings. The maximum atomic E-state index is 13.8. The normalized spacial score (nSPS) is 18.5. The molecule has 1 aliphatic heterocycles. The third-order valence-electron chi connectivity index (χ3n) is 3.90. The van der Waals surface area contributed by atoms with Gasteiger partial charge in [-0.05, 0) is 31.4 Å². The molecule has 2 aromatic rings. The number of anilines is 1. The highest BCUT2D eigenvalue weighted by molar-refractivity contribution is 5.60. The van der Waals surface area contributed by atoms with Crippen LogP contribution in [0.4, 0.5) is 10.1 Å². The van der Waals surface area contributed by atoms with Crippen LogP contribution in [0.2, 0.25) is 0 Å². The van der Waals surface area contributed by atoms with Gasteiger partial charge in [0.15, 0.2) is 0 Å². The first-order chi connectivity index (χ1) is 10.3. The predicted octanol–water partition coefficient (Wildman–Crippen LogP) is 2.35. The summed E-state index contributed by atoms with van der Waals surface area (Å²) < 4.78 is 15.6. The molecule has 21 heavy (non-hydrogen) atoms. The summed E-state index contributed by atoms with van der Waals surface area (Å²) in [6, 6.07) is 7.00. The van der Waals surface area contributed by atoms with Crippen LogP contribution < -0.4 is 4.90 Å². The van der Waals surface area contributed by atoms with E-state index in [4.69, 9.17) is 0 Å². The summed E-state index contributed by atoms with van der Waals surface area (Å²) in [5.41, 5.74) is 0.810. The number of halogens is 1. The number of hydrogen-bond acceptors (Lipinski definition) is 4. The Bertz CT molecular complexity index is 647. The van der Waals surface area contributed by atoms with Gasteiger partial charge in [-0.2, -0.15) is 10.4 Å². The maximum absolute atomic E-state index is 13.8. The van der Waals surface area contributed by atoms with Gasteiger partial charge in [-0.3, -0.25) is 4.68 Å². The van der Waals surface area contributed by atoms with Crippen molar-refractivity contribution in [1.29, 1.82) is 5.26 Å². The van der Waals surface area contributed by atoms with Crippen LogP contribution in [-0.2, 0) is 6.54 Å². The van der Waals surface area contributed by atoms with Gasteiger partial charge in [0.05, 0.1) is 12.2 Å². The van der Waals surface area contributed by atoms with E-state index in [1.54, 1.807) is 17.1 Å². The minimum atomic E-state index is -0.458. The van der Waals surface area contributed by atoms with Crippen LogP contribution in [0.25, 0.3) is 0 Å². The topological polar surface area (TPSA) is 57.7 Å². The van der Waals surface area contributed by atoms with Crippen molar-refractivity contribution in [3.8, 4) is 6.07 Å². The second kappa shape index (κ2) is 5.92. The van der Waals surface area contributed by atoms with Crippen molar-refractivity contribution < 1.29 is 4.39 Å². The lowest BCUT2D eigenvalue weighted by Crippen LogP contribution is -2.42. The first kappa shape index (κ1) is 13.6. The van der Waals surface area contributed by atoms with E-state index in [2.05, 4.69) is 15.0 Å². The number of rotatable bonds is 3. The molecular formula is C15H16FN5. The molecule has 0 spiro atoms.